The summed E-state index contributed by atoms with van der Waals surface area (Å²) >= 11 is 6.65. The molecule has 9 heteroatoms. The number of aryl methyl sites for hydroxylation is 1. The Labute approximate surface area is 208 Å². The highest BCUT2D eigenvalue weighted by atomic mass is 35.5. The van der Waals surface area contributed by atoms with Crippen molar-refractivity contribution in [1.29, 1.82) is 0 Å². The molecule has 1 aliphatic heterocycles. The topological polar surface area (TPSA) is 106 Å². The number of halogens is 1. The van der Waals surface area contributed by atoms with Gasteiger partial charge in [-0.2, -0.15) is 4.98 Å². The lowest BCUT2D eigenvalue weighted by Gasteiger charge is -2.20. The Morgan fingerprint density at radius 3 is 2.60 bits per heavy atom. The van der Waals surface area contributed by atoms with Crippen LogP contribution in [0.3, 0.4) is 0 Å². The average molecular weight is 496 g/mol. The van der Waals surface area contributed by atoms with E-state index in [4.69, 9.17) is 21.1 Å². The number of nitrogens with one attached hydrogen (secondary N) is 1. The quantitative estimate of drug-likeness (QED) is 0.521. The number of benzene rings is 1. The number of aliphatic hydroxyl groups is 1. The SMILES string of the molecule is CCC1=C(NCC(C)(C)O)N=c2c(cc(-c3ccc(-c4noc(C)n4)cc3Cl)c(=O)n2CC)=CC1. The van der Waals surface area contributed by atoms with Crippen molar-refractivity contribution >= 4 is 17.7 Å². The molecule has 0 aliphatic carbocycles. The van der Waals surface area contributed by atoms with Gasteiger partial charge in [-0.1, -0.05) is 41.9 Å². The third kappa shape index (κ3) is 5.23. The lowest BCUT2D eigenvalue weighted by Crippen LogP contribution is -2.44. The minimum atomic E-state index is -0.891. The van der Waals surface area contributed by atoms with Crippen LogP contribution in [0.1, 0.15) is 46.4 Å². The first-order valence-corrected chi connectivity index (χ1v) is 12.1. The molecule has 0 bridgehead atoms. The Hall–Kier alpha value is -3.23. The van der Waals surface area contributed by atoms with Gasteiger partial charge in [0, 0.05) is 46.9 Å². The molecule has 0 unspecified atom stereocenters. The van der Waals surface area contributed by atoms with E-state index in [2.05, 4.69) is 28.5 Å². The van der Waals surface area contributed by atoms with Gasteiger partial charge in [0.15, 0.2) is 0 Å². The van der Waals surface area contributed by atoms with Gasteiger partial charge >= 0.3 is 0 Å². The molecule has 0 saturated heterocycles. The molecule has 0 fully saturated rings. The minimum Gasteiger partial charge on any atom is -0.389 e. The van der Waals surface area contributed by atoms with Gasteiger partial charge in [0.25, 0.3) is 5.56 Å². The fourth-order valence-corrected chi connectivity index (χ4v) is 4.30. The summed E-state index contributed by atoms with van der Waals surface area (Å²) in [4.78, 5) is 22.7. The number of allylic oxidation sites excluding steroid dienone is 1. The van der Waals surface area contributed by atoms with E-state index in [1.54, 1.807) is 31.4 Å². The predicted octanol–water partition coefficient (Wildman–Crippen LogP) is 3.33. The fraction of sp³-hybridized carbons (Fsp3) is 0.385. The van der Waals surface area contributed by atoms with Gasteiger partial charge in [-0.25, -0.2) is 4.99 Å². The Morgan fingerprint density at radius 2 is 2.00 bits per heavy atom. The highest BCUT2D eigenvalue weighted by Gasteiger charge is 2.18. The summed E-state index contributed by atoms with van der Waals surface area (Å²) in [5, 5.41) is 18.7. The molecule has 0 saturated carbocycles. The molecule has 8 nitrogen and oxygen atoms in total. The Morgan fingerprint density at radius 1 is 1.23 bits per heavy atom. The zero-order chi connectivity index (χ0) is 25.3. The molecule has 0 amide bonds. The summed E-state index contributed by atoms with van der Waals surface area (Å²) in [6.07, 6.45) is 3.58. The third-order valence-electron chi connectivity index (χ3n) is 5.89. The van der Waals surface area contributed by atoms with Crippen molar-refractivity contribution in [3.8, 4) is 22.5 Å². The number of hydrogen-bond donors (Lipinski definition) is 2. The first kappa shape index (κ1) is 24.9. The maximum absolute atomic E-state index is 13.6. The number of fused-ring (bicyclic) bond motifs is 1. The van der Waals surface area contributed by atoms with E-state index in [0.717, 1.165) is 17.2 Å². The third-order valence-corrected chi connectivity index (χ3v) is 6.20. The summed E-state index contributed by atoms with van der Waals surface area (Å²) in [5.41, 5.74) is 2.49. The molecule has 4 rings (SSSR count). The second-order valence-electron chi connectivity index (χ2n) is 9.21. The van der Waals surface area contributed by atoms with E-state index in [9.17, 15) is 9.90 Å². The molecule has 3 heterocycles. The van der Waals surface area contributed by atoms with Crippen LogP contribution in [0.5, 0.6) is 0 Å². The molecule has 2 N–H and O–H groups in total. The summed E-state index contributed by atoms with van der Waals surface area (Å²) in [6.45, 7) is 10.00. The van der Waals surface area contributed by atoms with E-state index in [1.165, 1.54) is 0 Å². The molecule has 0 spiro atoms. The second-order valence-corrected chi connectivity index (χ2v) is 9.62. The van der Waals surface area contributed by atoms with E-state index >= 15 is 0 Å². The van der Waals surface area contributed by atoms with E-state index in [-0.39, 0.29) is 5.56 Å². The molecular weight excluding hydrogens is 466 g/mol. The monoisotopic (exact) mass is 495 g/mol. The van der Waals surface area contributed by atoms with Crippen molar-refractivity contribution in [3.63, 3.8) is 0 Å². The zero-order valence-electron chi connectivity index (χ0n) is 20.6. The molecule has 1 aliphatic rings. The van der Waals surface area contributed by atoms with E-state index in [0.29, 0.717) is 64.2 Å². The zero-order valence-corrected chi connectivity index (χ0v) is 21.4. The van der Waals surface area contributed by atoms with Crippen molar-refractivity contribution < 1.29 is 9.63 Å². The second kappa shape index (κ2) is 9.79. The molecule has 0 atom stereocenters. The molecular formula is C26H30ClN5O3. The van der Waals surface area contributed by atoms with Crippen LogP contribution < -0.4 is 21.6 Å². The molecule has 0 radical (unpaired) electrons. The van der Waals surface area contributed by atoms with Crippen molar-refractivity contribution in [3.05, 3.63) is 67.6 Å². The van der Waals surface area contributed by atoms with Crippen LogP contribution in [0.4, 0.5) is 0 Å². The lowest BCUT2D eigenvalue weighted by atomic mass is 10.0. The summed E-state index contributed by atoms with van der Waals surface area (Å²) < 4.78 is 6.73. The van der Waals surface area contributed by atoms with Crippen molar-refractivity contribution in [2.24, 2.45) is 4.99 Å². The molecule has 3 aromatic rings. The Balaban J connectivity index is 1.84. The van der Waals surface area contributed by atoms with Crippen LogP contribution in [0.25, 0.3) is 28.6 Å². The van der Waals surface area contributed by atoms with Crippen molar-refractivity contribution in [2.45, 2.75) is 59.6 Å². The highest BCUT2D eigenvalue weighted by Crippen LogP contribution is 2.29. The van der Waals surface area contributed by atoms with Gasteiger partial charge in [-0.3, -0.25) is 9.36 Å². The van der Waals surface area contributed by atoms with Crippen molar-refractivity contribution in [1.82, 2.24) is 20.0 Å². The number of nitrogens with zero attached hydrogens (tertiary/aromatic N) is 4. The number of pyridine rings is 1. The van der Waals surface area contributed by atoms with Gasteiger partial charge in [0.05, 0.1) is 5.60 Å². The smallest absolute Gasteiger partial charge is 0.260 e. The normalized spacial score (nSPS) is 13.7. The van der Waals surface area contributed by atoms with Gasteiger partial charge < -0.3 is 14.9 Å². The van der Waals surface area contributed by atoms with Gasteiger partial charge in [0.1, 0.15) is 11.3 Å². The molecule has 2 aromatic heterocycles. The van der Waals surface area contributed by atoms with E-state index < -0.39 is 5.60 Å². The Bertz CT molecular complexity index is 1480. The predicted molar refractivity (Wildman–Crippen MR) is 136 cm³/mol. The maximum Gasteiger partial charge on any atom is 0.260 e. The largest absolute Gasteiger partial charge is 0.389 e. The highest BCUT2D eigenvalue weighted by molar-refractivity contribution is 6.33. The first-order valence-electron chi connectivity index (χ1n) is 11.7. The minimum absolute atomic E-state index is 0.171. The van der Waals surface area contributed by atoms with Crippen molar-refractivity contribution in [2.75, 3.05) is 6.54 Å². The number of hydrogen-bond acceptors (Lipinski definition) is 7. The summed E-state index contributed by atoms with van der Waals surface area (Å²) in [7, 11) is 0. The molecule has 1 aromatic carbocycles. The van der Waals surface area contributed by atoms with Crippen LogP contribution in [0.15, 0.2) is 50.0 Å². The molecule has 35 heavy (non-hydrogen) atoms. The van der Waals surface area contributed by atoms with Gasteiger partial charge in [-0.05, 0) is 51.3 Å². The maximum atomic E-state index is 13.6. The summed E-state index contributed by atoms with van der Waals surface area (Å²) in [6, 6.07) is 7.24. The fourth-order valence-electron chi connectivity index (χ4n) is 4.02. The lowest BCUT2D eigenvalue weighted by molar-refractivity contribution is 0.0823. The van der Waals surface area contributed by atoms with Crippen LogP contribution in [-0.4, -0.2) is 32.0 Å². The van der Waals surface area contributed by atoms with Crippen LogP contribution in [0, 0.1) is 6.92 Å². The van der Waals surface area contributed by atoms with Crippen LogP contribution >= 0.6 is 11.6 Å². The first-order chi connectivity index (χ1) is 16.6. The van der Waals surface area contributed by atoms with Gasteiger partial charge in [0.2, 0.25) is 11.7 Å². The van der Waals surface area contributed by atoms with Crippen LogP contribution in [-0.2, 0) is 6.54 Å². The summed E-state index contributed by atoms with van der Waals surface area (Å²) in [5.74, 6) is 1.62. The Kier molecular flexibility index (Phi) is 6.96. The van der Waals surface area contributed by atoms with Crippen LogP contribution in [0.2, 0.25) is 5.02 Å². The number of rotatable bonds is 7. The average Bonchev–Trinajstić information content (AvgIpc) is 3.16. The molecule has 184 valence electrons. The standard InChI is InChI=1S/C26H30ClN5O3/c1-6-16-8-9-18-12-20(19-11-10-17(13-21(19)27)23-29-15(3)35-31-23)25(33)32(7-2)24(18)30-22(16)28-14-26(4,5)34/h9-13,28,34H,6-8,14H2,1-5H3. The number of aromatic nitrogens is 3. The van der Waals surface area contributed by atoms with Gasteiger partial charge in [-0.15, -0.1) is 0 Å². The van der Waals surface area contributed by atoms with E-state index in [1.807, 2.05) is 25.1 Å².